The number of hydrazine groups is 1. The molecular formula is C19H14ClN7O4S. The minimum Gasteiger partial charge on any atom is -0.497 e. The Hall–Kier alpha value is -4.03. The fourth-order valence-corrected chi connectivity index (χ4v) is 3.73. The number of hydrogen-bond donors (Lipinski definition) is 3. The van der Waals surface area contributed by atoms with E-state index in [9.17, 15) is 14.9 Å². The molecule has 11 nitrogen and oxygen atoms in total. The molecule has 1 amide bonds. The predicted molar refractivity (Wildman–Crippen MR) is 121 cm³/mol. The summed E-state index contributed by atoms with van der Waals surface area (Å²) in [6, 6.07) is 11.5. The quantitative estimate of drug-likeness (QED) is 0.267. The standard InChI is InChI=1S/C19H14ClN7O4S/c1-31-12-6-7-13-14(8-12)32-19(23-13)24-16-15(27(29)30)17(22-9-21-16)25-26-18(28)10-2-4-11(20)5-3-10/h2-9H,1H3,(H,26,28)(H2,21,22,23,24,25). The summed E-state index contributed by atoms with van der Waals surface area (Å²) in [4.78, 5) is 35.6. The van der Waals surface area contributed by atoms with Gasteiger partial charge < -0.3 is 10.1 Å². The number of benzene rings is 2. The van der Waals surface area contributed by atoms with E-state index in [0.29, 0.717) is 27.0 Å². The van der Waals surface area contributed by atoms with Crippen LogP contribution in [-0.2, 0) is 0 Å². The highest BCUT2D eigenvalue weighted by Gasteiger charge is 2.24. The lowest BCUT2D eigenvalue weighted by Crippen LogP contribution is -2.30. The fourth-order valence-electron chi connectivity index (χ4n) is 2.71. The molecule has 3 N–H and O–H groups in total. The minimum absolute atomic E-state index is 0.0840. The normalized spacial score (nSPS) is 10.6. The summed E-state index contributed by atoms with van der Waals surface area (Å²) in [5, 5.41) is 15.4. The molecule has 0 aliphatic rings. The van der Waals surface area contributed by atoms with Crippen LogP contribution in [-0.4, -0.2) is 32.9 Å². The molecule has 0 atom stereocenters. The van der Waals surface area contributed by atoms with Crippen LogP contribution in [0.25, 0.3) is 10.2 Å². The zero-order valence-corrected chi connectivity index (χ0v) is 17.9. The maximum atomic E-state index is 12.3. The average Bonchev–Trinajstić information content (AvgIpc) is 3.19. The van der Waals surface area contributed by atoms with Gasteiger partial charge in [0.05, 0.1) is 22.2 Å². The number of amides is 1. The lowest BCUT2D eigenvalue weighted by atomic mass is 10.2. The van der Waals surface area contributed by atoms with Crippen LogP contribution in [0, 0.1) is 10.1 Å². The first-order valence-electron chi connectivity index (χ1n) is 8.97. The molecule has 0 saturated carbocycles. The van der Waals surface area contributed by atoms with Gasteiger partial charge in [0, 0.05) is 10.6 Å². The molecule has 2 aromatic heterocycles. The summed E-state index contributed by atoms with van der Waals surface area (Å²) in [7, 11) is 1.56. The number of halogens is 1. The Balaban J connectivity index is 1.57. The largest absolute Gasteiger partial charge is 0.497 e. The summed E-state index contributed by atoms with van der Waals surface area (Å²) in [5.41, 5.74) is 5.40. The van der Waals surface area contributed by atoms with Gasteiger partial charge in [-0.3, -0.25) is 25.8 Å². The summed E-state index contributed by atoms with van der Waals surface area (Å²) in [5.74, 6) is -0.135. The number of carbonyl (C=O) groups excluding carboxylic acids is 1. The topological polar surface area (TPSA) is 144 Å². The van der Waals surface area contributed by atoms with Gasteiger partial charge in [-0.1, -0.05) is 22.9 Å². The average molecular weight is 472 g/mol. The van der Waals surface area contributed by atoms with Gasteiger partial charge in [0.25, 0.3) is 5.91 Å². The van der Waals surface area contributed by atoms with Crippen molar-refractivity contribution in [2.75, 3.05) is 17.9 Å². The van der Waals surface area contributed by atoms with Crippen molar-refractivity contribution in [3.63, 3.8) is 0 Å². The number of nitro groups is 1. The molecule has 2 aromatic carbocycles. The monoisotopic (exact) mass is 471 g/mol. The maximum absolute atomic E-state index is 12.3. The van der Waals surface area contributed by atoms with Gasteiger partial charge in [0.1, 0.15) is 12.1 Å². The van der Waals surface area contributed by atoms with E-state index in [4.69, 9.17) is 16.3 Å². The Morgan fingerprint density at radius 2 is 1.91 bits per heavy atom. The van der Waals surface area contributed by atoms with Gasteiger partial charge >= 0.3 is 5.69 Å². The second kappa shape index (κ2) is 8.99. The molecule has 0 saturated heterocycles. The first-order chi connectivity index (χ1) is 15.4. The van der Waals surface area contributed by atoms with Crippen LogP contribution in [0.2, 0.25) is 5.02 Å². The van der Waals surface area contributed by atoms with Crippen molar-refractivity contribution in [2.24, 2.45) is 0 Å². The molecule has 0 unspecified atom stereocenters. The third-order valence-corrected chi connectivity index (χ3v) is 5.41. The molecule has 0 aliphatic heterocycles. The van der Waals surface area contributed by atoms with Crippen LogP contribution >= 0.6 is 22.9 Å². The second-order valence-electron chi connectivity index (χ2n) is 6.24. The summed E-state index contributed by atoms with van der Waals surface area (Å²) >= 11 is 7.09. The number of ether oxygens (including phenoxy) is 1. The Bertz CT molecular complexity index is 1310. The number of aromatic nitrogens is 3. The SMILES string of the molecule is COc1ccc2nc(Nc3ncnc(NNC(=O)c4ccc(Cl)cc4)c3[N+](=O)[O-])sc2c1. The van der Waals surface area contributed by atoms with E-state index in [1.165, 1.54) is 23.5 Å². The smallest absolute Gasteiger partial charge is 0.355 e. The number of anilines is 3. The highest BCUT2D eigenvalue weighted by Crippen LogP contribution is 2.34. The number of fused-ring (bicyclic) bond motifs is 1. The molecule has 0 spiro atoms. The van der Waals surface area contributed by atoms with Crippen LogP contribution in [0.5, 0.6) is 5.75 Å². The number of carbonyl (C=O) groups is 1. The van der Waals surface area contributed by atoms with Crippen molar-refractivity contribution in [3.8, 4) is 5.75 Å². The van der Waals surface area contributed by atoms with E-state index in [-0.39, 0.29) is 11.6 Å². The molecule has 0 fully saturated rings. The van der Waals surface area contributed by atoms with E-state index in [0.717, 1.165) is 11.0 Å². The summed E-state index contributed by atoms with van der Waals surface area (Å²) < 4.78 is 6.03. The molecule has 0 radical (unpaired) electrons. The number of thiazole rings is 1. The van der Waals surface area contributed by atoms with E-state index >= 15 is 0 Å². The van der Waals surface area contributed by atoms with Gasteiger partial charge in [-0.15, -0.1) is 0 Å². The van der Waals surface area contributed by atoms with E-state index in [1.807, 2.05) is 6.07 Å². The maximum Gasteiger partial charge on any atom is 0.355 e. The van der Waals surface area contributed by atoms with Crippen LogP contribution in [0.1, 0.15) is 10.4 Å². The number of nitrogens with one attached hydrogen (secondary N) is 3. The van der Waals surface area contributed by atoms with E-state index < -0.39 is 16.5 Å². The zero-order chi connectivity index (χ0) is 22.7. The van der Waals surface area contributed by atoms with Crippen molar-refractivity contribution in [2.45, 2.75) is 0 Å². The van der Waals surface area contributed by atoms with Gasteiger partial charge in [-0.05, 0) is 42.5 Å². The Kier molecular flexibility index (Phi) is 5.96. The molecule has 4 aromatic rings. The molecule has 32 heavy (non-hydrogen) atoms. The van der Waals surface area contributed by atoms with Crippen molar-refractivity contribution >= 4 is 61.5 Å². The van der Waals surface area contributed by atoms with Crippen LogP contribution in [0.3, 0.4) is 0 Å². The van der Waals surface area contributed by atoms with Crippen molar-refractivity contribution in [3.05, 3.63) is 69.5 Å². The van der Waals surface area contributed by atoms with E-state index in [2.05, 4.69) is 31.1 Å². The fraction of sp³-hybridized carbons (Fsp3) is 0.0526. The van der Waals surface area contributed by atoms with Crippen LogP contribution in [0.15, 0.2) is 48.8 Å². The van der Waals surface area contributed by atoms with Gasteiger partial charge in [0.2, 0.25) is 11.6 Å². The molecular weight excluding hydrogens is 458 g/mol. The number of nitrogens with zero attached hydrogens (tertiary/aromatic N) is 4. The van der Waals surface area contributed by atoms with Crippen molar-refractivity contribution < 1.29 is 14.5 Å². The second-order valence-corrected chi connectivity index (χ2v) is 7.71. The highest BCUT2D eigenvalue weighted by molar-refractivity contribution is 7.22. The van der Waals surface area contributed by atoms with Gasteiger partial charge in [-0.2, -0.15) is 0 Å². The van der Waals surface area contributed by atoms with Crippen LogP contribution in [0.4, 0.5) is 22.5 Å². The number of hydrogen-bond acceptors (Lipinski definition) is 10. The molecule has 2 heterocycles. The molecule has 13 heteroatoms. The Morgan fingerprint density at radius 1 is 1.16 bits per heavy atom. The molecule has 4 rings (SSSR count). The highest BCUT2D eigenvalue weighted by atomic mass is 35.5. The van der Waals surface area contributed by atoms with Crippen molar-refractivity contribution in [1.82, 2.24) is 20.4 Å². The molecule has 162 valence electrons. The summed E-state index contributed by atoms with van der Waals surface area (Å²) in [6.45, 7) is 0. The van der Waals surface area contributed by atoms with Crippen LogP contribution < -0.4 is 20.9 Å². The Labute approximate surface area is 189 Å². The summed E-state index contributed by atoms with van der Waals surface area (Å²) in [6.07, 6.45) is 1.13. The van der Waals surface area contributed by atoms with Gasteiger partial charge in [0.15, 0.2) is 5.13 Å². The lowest BCUT2D eigenvalue weighted by Gasteiger charge is -2.10. The minimum atomic E-state index is -0.657. The zero-order valence-electron chi connectivity index (χ0n) is 16.3. The third kappa shape index (κ3) is 4.50. The molecule has 0 bridgehead atoms. The Morgan fingerprint density at radius 3 is 2.62 bits per heavy atom. The molecule has 0 aliphatic carbocycles. The number of methoxy groups -OCH3 is 1. The van der Waals surface area contributed by atoms with Gasteiger partial charge in [-0.25, -0.2) is 15.0 Å². The first-order valence-corrected chi connectivity index (χ1v) is 10.2. The third-order valence-electron chi connectivity index (χ3n) is 4.23. The predicted octanol–water partition coefficient (Wildman–Crippen LogP) is 4.16. The lowest BCUT2D eigenvalue weighted by molar-refractivity contribution is -0.383. The first kappa shape index (κ1) is 21.2. The van der Waals surface area contributed by atoms with E-state index in [1.54, 1.807) is 31.4 Å². The van der Waals surface area contributed by atoms with Crippen molar-refractivity contribution in [1.29, 1.82) is 0 Å². The number of rotatable bonds is 7.